The van der Waals surface area contributed by atoms with Crippen LogP contribution in [0.4, 0.5) is 4.39 Å². The van der Waals surface area contributed by atoms with Crippen molar-refractivity contribution in [2.24, 2.45) is 0 Å². The van der Waals surface area contributed by atoms with Gasteiger partial charge in [0.05, 0.1) is 24.3 Å². The standard InChI is InChI=1S/C11H4BrCl2FOS/c12-11-7(14)4-8(17-11)10(16)5-2-1-3-6(13)9(5)15/h1-4H. The average Bonchev–Trinajstić information content (AvgIpc) is 2.62. The Hall–Kier alpha value is -0.420. The Morgan fingerprint density at radius 1 is 1.29 bits per heavy atom. The fourth-order valence-electron chi connectivity index (χ4n) is 1.27. The van der Waals surface area contributed by atoms with E-state index >= 15 is 0 Å². The van der Waals surface area contributed by atoms with Gasteiger partial charge in [-0.25, -0.2) is 4.39 Å². The molecule has 1 heterocycles. The van der Waals surface area contributed by atoms with Gasteiger partial charge in [-0.2, -0.15) is 0 Å². The SMILES string of the molecule is O=C(c1cc(Cl)c(Br)s1)c1cccc(Cl)c1F. The Balaban J connectivity index is 2.47. The number of carbonyl (C=O) groups is 1. The maximum atomic E-state index is 13.7. The van der Waals surface area contributed by atoms with Crippen LogP contribution < -0.4 is 0 Å². The highest BCUT2D eigenvalue weighted by atomic mass is 79.9. The van der Waals surface area contributed by atoms with E-state index in [-0.39, 0.29) is 10.6 Å². The molecule has 1 aromatic carbocycles. The molecule has 2 aromatic rings. The van der Waals surface area contributed by atoms with Crippen LogP contribution >= 0.6 is 50.5 Å². The first-order chi connectivity index (χ1) is 8.00. The molecule has 2 rings (SSSR count). The number of thiophene rings is 1. The normalized spacial score (nSPS) is 10.6. The minimum atomic E-state index is -0.709. The molecule has 0 fully saturated rings. The van der Waals surface area contributed by atoms with Crippen molar-refractivity contribution in [3.63, 3.8) is 0 Å². The number of halogens is 4. The molecule has 6 heteroatoms. The first-order valence-electron chi connectivity index (χ1n) is 4.44. The van der Waals surface area contributed by atoms with E-state index in [0.29, 0.717) is 13.7 Å². The molecule has 0 N–H and O–H groups in total. The van der Waals surface area contributed by atoms with E-state index in [2.05, 4.69) is 15.9 Å². The molecule has 1 aromatic heterocycles. The zero-order valence-electron chi connectivity index (χ0n) is 8.14. The number of benzene rings is 1. The lowest BCUT2D eigenvalue weighted by Gasteiger charge is -2.01. The molecule has 0 radical (unpaired) electrons. The molecule has 0 aliphatic rings. The van der Waals surface area contributed by atoms with Crippen molar-refractivity contribution in [3.8, 4) is 0 Å². The van der Waals surface area contributed by atoms with Crippen molar-refractivity contribution in [3.05, 3.63) is 54.4 Å². The highest BCUT2D eigenvalue weighted by Gasteiger charge is 2.19. The molecular weight excluding hydrogens is 350 g/mol. The Morgan fingerprint density at radius 2 is 2.00 bits per heavy atom. The summed E-state index contributed by atoms with van der Waals surface area (Å²) in [6.07, 6.45) is 0. The molecule has 0 aliphatic heterocycles. The molecule has 88 valence electrons. The second-order valence-corrected chi connectivity index (χ2v) is 6.35. The lowest BCUT2D eigenvalue weighted by molar-refractivity contribution is 0.103. The van der Waals surface area contributed by atoms with Crippen molar-refractivity contribution in [1.82, 2.24) is 0 Å². The van der Waals surface area contributed by atoms with Gasteiger partial charge in [-0.05, 0) is 34.1 Å². The summed E-state index contributed by atoms with van der Waals surface area (Å²) < 4.78 is 14.3. The van der Waals surface area contributed by atoms with E-state index in [1.165, 1.54) is 24.3 Å². The first-order valence-corrected chi connectivity index (χ1v) is 6.81. The topological polar surface area (TPSA) is 17.1 Å². The highest BCUT2D eigenvalue weighted by Crippen LogP contribution is 2.33. The van der Waals surface area contributed by atoms with Crippen molar-refractivity contribution < 1.29 is 9.18 Å². The fraction of sp³-hybridized carbons (Fsp3) is 0. The quantitative estimate of drug-likeness (QED) is 0.679. The molecule has 17 heavy (non-hydrogen) atoms. The van der Waals surface area contributed by atoms with Crippen molar-refractivity contribution in [1.29, 1.82) is 0 Å². The largest absolute Gasteiger partial charge is 0.288 e. The van der Waals surface area contributed by atoms with Gasteiger partial charge in [-0.1, -0.05) is 29.3 Å². The minimum Gasteiger partial charge on any atom is -0.288 e. The zero-order chi connectivity index (χ0) is 12.6. The van der Waals surface area contributed by atoms with E-state index in [1.807, 2.05) is 0 Å². The summed E-state index contributed by atoms with van der Waals surface area (Å²) in [6, 6.07) is 5.82. The van der Waals surface area contributed by atoms with E-state index in [0.717, 1.165) is 11.3 Å². The molecule has 0 atom stereocenters. The number of rotatable bonds is 2. The molecular formula is C11H4BrCl2FOS. The predicted molar refractivity (Wildman–Crippen MR) is 71.9 cm³/mol. The third kappa shape index (κ3) is 2.55. The molecule has 0 saturated carbocycles. The van der Waals surface area contributed by atoms with Gasteiger partial charge in [0.15, 0.2) is 5.82 Å². The lowest BCUT2D eigenvalue weighted by atomic mass is 10.1. The maximum Gasteiger partial charge on any atom is 0.206 e. The first kappa shape index (κ1) is 13.0. The second-order valence-electron chi connectivity index (χ2n) is 3.16. The summed E-state index contributed by atoms with van der Waals surface area (Å²) in [5, 5.41) is 0.360. The molecule has 0 bridgehead atoms. The van der Waals surface area contributed by atoms with Gasteiger partial charge >= 0.3 is 0 Å². The number of ketones is 1. The molecule has 1 nitrogen and oxygen atoms in total. The second kappa shape index (κ2) is 5.06. The third-order valence-corrected chi connectivity index (χ3v) is 4.83. The summed E-state index contributed by atoms with van der Waals surface area (Å²) in [4.78, 5) is 12.4. The van der Waals surface area contributed by atoms with Crippen LogP contribution in [0.25, 0.3) is 0 Å². The van der Waals surface area contributed by atoms with Crippen molar-refractivity contribution >= 4 is 56.3 Å². The number of hydrogen-bond donors (Lipinski definition) is 0. The Labute approximate surface area is 119 Å². The summed E-state index contributed by atoms with van der Waals surface area (Å²) in [6.45, 7) is 0. The van der Waals surface area contributed by atoms with Crippen LogP contribution in [0.2, 0.25) is 10.0 Å². The Kier molecular flexibility index (Phi) is 3.88. The van der Waals surface area contributed by atoms with Gasteiger partial charge in [0.25, 0.3) is 0 Å². The van der Waals surface area contributed by atoms with Gasteiger partial charge < -0.3 is 0 Å². The van der Waals surface area contributed by atoms with Gasteiger partial charge in [-0.15, -0.1) is 11.3 Å². The van der Waals surface area contributed by atoms with Gasteiger partial charge in [-0.3, -0.25) is 4.79 Å². The van der Waals surface area contributed by atoms with Gasteiger partial charge in [0.1, 0.15) is 0 Å². The predicted octanol–water partition coefficient (Wildman–Crippen LogP) is 5.19. The van der Waals surface area contributed by atoms with E-state index < -0.39 is 11.6 Å². The monoisotopic (exact) mass is 352 g/mol. The van der Waals surface area contributed by atoms with Crippen LogP contribution in [0.15, 0.2) is 28.1 Å². The summed E-state index contributed by atoms with van der Waals surface area (Å²) in [7, 11) is 0. The Morgan fingerprint density at radius 3 is 2.59 bits per heavy atom. The van der Waals surface area contributed by atoms with Crippen LogP contribution in [-0.4, -0.2) is 5.78 Å². The molecule has 0 spiro atoms. The van der Waals surface area contributed by atoms with Gasteiger partial charge in [0.2, 0.25) is 5.78 Å². The molecule has 0 aliphatic carbocycles. The van der Waals surface area contributed by atoms with E-state index in [4.69, 9.17) is 23.2 Å². The maximum absolute atomic E-state index is 13.7. The van der Waals surface area contributed by atoms with Crippen molar-refractivity contribution in [2.75, 3.05) is 0 Å². The van der Waals surface area contributed by atoms with E-state index in [9.17, 15) is 9.18 Å². The van der Waals surface area contributed by atoms with E-state index in [1.54, 1.807) is 0 Å². The molecule has 0 unspecified atom stereocenters. The van der Waals surface area contributed by atoms with Crippen LogP contribution in [0.3, 0.4) is 0 Å². The molecule has 0 amide bonds. The smallest absolute Gasteiger partial charge is 0.206 e. The van der Waals surface area contributed by atoms with Crippen molar-refractivity contribution in [2.45, 2.75) is 0 Å². The van der Waals surface area contributed by atoms with Crippen LogP contribution in [0.1, 0.15) is 15.2 Å². The Bertz CT molecular complexity index is 578. The zero-order valence-corrected chi connectivity index (χ0v) is 12.1. The fourth-order valence-corrected chi connectivity index (χ4v) is 3.10. The van der Waals surface area contributed by atoms with Crippen LogP contribution in [-0.2, 0) is 0 Å². The number of carbonyl (C=O) groups excluding carboxylic acids is 1. The summed E-state index contributed by atoms with van der Waals surface area (Å²) in [5.74, 6) is -1.14. The third-order valence-electron chi connectivity index (χ3n) is 2.07. The average molecular weight is 354 g/mol. The number of hydrogen-bond acceptors (Lipinski definition) is 2. The summed E-state index contributed by atoms with van der Waals surface area (Å²) in [5.41, 5.74) is -0.0529. The van der Waals surface area contributed by atoms with Crippen LogP contribution in [0, 0.1) is 5.82 Å². The molecule has 0 saturated heterocycles. The lowest BCUT2D eigenvalue weighted by Crippen LogP contribution is -2.02. The highest BCUT2D eigenvalue weighted by molar-refractivity contribution is 9.11. The minimum absolute atomic E-state index is 0.0529. The van der Waals surface area contributed by atoms with Gasteiger partial charge in [0, 0.05) is 0 Å². The van der Waals surface area contributed by atoms with Crippen LogP contribution in [0.5, 0.6) is 0 Å². The summed E-state index contributed by atoms with van der Waals surface area (Å²) >= 11 is 15.8.